The van der Waals surface area contributed by atoms with Crippen molar-refractivity contribution in [1.82, 2.24) is 4.90 Å². The SMILES string of the molecule is NCC(C(=O)O)N1CCC1. The average Bonchev–Trinajstić information content (AvgIpc) is 1.76. The van der Waals surface area contributed by atoms with Crippen molar-refractivity contribution >= 4 is 5.97 Å². The first kappa shape index (κ1) is 7.50. The van der Waals surface area contributed by atoms with Gasteiger partial charge in [-0.25, -0.2) is 0 Å². The highest BCUT2D eigenvalue weighted by molar-refractivity contribution is 5.73. The summed E-state index contributed by atoms with van der Waals surface area (Å²) in [6, 6.07) is -0.450. The molecule has 1 saturated heterocycles. The summed E-state index contributed by atoms with van der Waals surface area (Å²) >= 11 is 0. The van der Waals surface area contributed by atoms with Gasteiger partial charge < -0.3 is 10.8 Å². The second-order valence-corrected chi connectivity index (χ2v) is 2.48. The van der Waals surface area contributed by atoms with Crippen molar-refractivity contribution in [2.45, 2.75) is 12.5 Å². The third-order valence-corrected chi connectivity index (χ3v) is 1.84. The van der Waals surface area contributed by atoms with Gasteiger partial charge in [-0.15, -0.1) is 0 Å². The molecule has 0 amide bonds. The minimum absolute atomic E-state index is 0.218. The van der Waals surface area contributed by atoms with Crippen LogP contribution in [-0.4, -0.2) is 41.7 Å². The Morgan fingerprint density at radius 1 is 1.70 bits per heavy atom. The maximum absolute atomic E-state index is 10.4. The Morgan fingerprint density at radius 2 is 2.30 bits per heavy atom. The van der Waals surface area contributed by atoms with Gasteiger partial charge in [0.05, 0.1) is 0 Å². The van der Waals surface area contributed by atoms with E-state index in [4.69, 9.17) is 10.8 Å². The number of hydrogen-bond donors (Lipinski definition) is 2. The minimum Gasteiger partial charge on any atom is -0.480 e. The molecule has 1 aliphatic rings. The first-order valence-corrected chi connectivity index (χ1v) is 3.42. The lowest BCUT2D eigenvalue weighted by Gasteiger charge is -2.35. The highest BCUT2D eigenvalue weighted by Crippen LogP contribution is 2.09. The van der Waals surface area contributed by atoms with Gasteiger partial charge in [0.15, 0.2) is 0 Å². The average molecular weight is 144 g/mol. The number of likely N-dealkylation sites (tertiary alicyclic amines) is 1. The lowest BCUT2D eigenvalue weighted by molar-refractivity contribution is -0.144. The number of carbonyl (C=O) groups is 1. The lowest BCUT2D eigenvalue weighted by Crippen LogP contribution is -2.52. The smallest absolute Gasteiger partial charge is 0.322 e. The zero-order valence-electron chi connectivity index (χ0n) is 5.79. The van der Waals surface area contributed by atoms with Crippen molar-refractivity contribution in [3.05, 3.63) is 0 Å². The third-order valence-electron chi connectivity index (χ3n) is 1.84. The number of nitrogens with zero attached hydrogens (tertiary/aromatic N) is 1. The molecule has 1 aliphatic heterocycles. The molecule has 0 bridgehead atoms. The van der Waals surface area contributed by atoms with E-state index in [0.29, 0.717) is 0 Å². The van der Waals surface area contributed by atoms with Crippen LogP contribution in [0.5, 0.6) is 0 Å². The molecule has 4 heteroatoms. The molecule has 1 fully saturated rings. The molecule has 10 heavy (non-hydrogen) atoms. The summed E-state index contributed by atoms with van der Waals surface area (Å²) < 4.78 is 0. The van der Waals surface area contributed by atoms with E-state index in [0.717, 1.165) is 19.5 Å². The van der Waals surface area contributed by atoms with Gasteiger partial charge in [0.2, 0.25) is 0 Å². The fourth-order valence-corrected chi connectivity index (χ4v) is 1.06. The monoisotopic (exact) mass is 144 g/mol. The number of carboxylic acids is 1. The molecule has 1 rings (SSSR count). The topological polar surface area (TPSA) is 66.6 Å². The van der Waals surface area contributed by atoms with Crippen LogP contribution < -0.4 is 5.73 Å². The van der Waals surface area contributed by atoms with E-state index in [1.165, 1.54) is 0 Å². The van der Waals surface area contributed by atoms with E-state index >= 15 is 0 Å². The van der Waals surface area contributed by atoms with Gasteiger partial charge in [-0.1, -0.05) is 0 Å². The van der Waals surface area contributed by atoms with Gasteiger partial charge in [0.25, 0.3) is 0 Å². The van der Waals surface area contributed by atoms with Crippen LogP contribution in [-0.2, 0) is 4.79 Å². The van der Waals surface area contributed by atoms with E-state index in [9.17, 15) is 4.79 Å². The van der Waals surface area contributed by atoms with Crippen molar-refractivity contribution < 1.29 is 9.90 Å². The Bertz CT molecular complexity index is 134. The van der Waals surface area contributed by atoms with Crippen LogP contribution in [0.25, 0.3) is 0 Å². The largest absolute Gasteiger partial charge is 0.480 e. The number of carboxylic acid groups (broad SMARTS) is 1. The molecule has 3 N–H and O–H groups in total. The predicted molar refractivity (Wildman–Crippen MR) is 36.7 cm³/mol. The molecule has 1 unspecified atom stereocenters. The van der Waals surface area contributed by atoms with Crippen molar-refractivity contribution in [2.24, 2.45) is 5.73 Å². The molecule has 1 heterocycles. The van der Waals surface area contributed by atoms with E-state index in [1.807, 2.05) is 4.90 Å². The van der Waals surface area contributed by atoms with Gasteiger partial charge in [-0.3, -0.25) is 9.69 Å². The van der Waals surface area contributed by atoms with Crippen LogP contribution in [0.4, 0.5) is 0 Å². The summed E-state index contributed by atoms with van der Waals surface area (Å²) in [4.78, 5) is 12.3. The quantitative estimate of drug-likeness (QED) is 0.539. The van der Waals surface area contributed by atoms with Gasteiger partial charge >= 0.3 is 5.97 Å². The van der Waals surface area contributed by atoms with E-state index < -0.39 is 12.0 Å². The number of rotatable bonds is 3. The molecular weight excluding hydrogens is 132 g/mol. The Kier molecular flexibility index (Phi) is 2.24. The molecule has 0 saturated carbocycles. The third kappa shape index (κ3) is 1.27. The summed E-state index contributed by atoms with van der Waals surface area (Å²) in [6.45, 7) is 1.98. The fraction of sp³-hybridized carbons (Fsp3) is 0.833. The maximum atomic E-state index is 10.4. The number of aliphatic carboxylic acids is 1. The van der Waals surface area contributed by atoms with Crippen molar-refractivity contribution in [3.63, 3.8) is 0 Å². The second-order valence-electron chi connectivity index (χ2n) is 2.48. The molecular formula is C6H12N2O2. The van der Waals surface area contributed by atoms with Crippen LogP contribution in [0.15, 0.2) is 0 Å². The molecule has 0 spiro atoms. The standard InChI is InChI=1S/C6H12N2O2/c7-4-5(6(9)10)8-2-1-3-8/h5H,1-4,7H2,(H,9,10). The molecule has 0 aromatic carbocycles. The van der Waals surface area contributed by atoms with E-state index in [2.05, 4.69) is 0 Å². The summed E-state index contributed by atoms with van der Waals surface area (Å²) in [5.74, 6) is -0.804. The number of nitrogens with two attached hydrogens (primary N) is 1. The Balaban J connectivity index is 2.39. The first-order valence-electron chi connectivity index (χ1n) is 3.42. The maximum Gasteiger partial charge on any atom is 0.322 e. The highest BCUT2D eigenvalue weighted by Gasteiger charge is 2.27. The summed E-state index contributed by atoms with van der Waals surface area (Å²) in [5, 5.41) is 8.59. The zero-order valence-corrected chi connectivity index (χ0v) is 5.79. The van der Waals surface area contributed by atoms with Crippen molar-refractivity contribution in [3.8, 4) is 0 Å². The summed E-state index contributed by atoms with van der Waals surface area (Å²) in [5.41, 5.74) is 5.26. The highest BCUT2D eigenvalue weighted by atomic mass is 16.4. The fourth-order valence-electron chi connectivity index (χ4n) is 1.06. The van der Waals surface area contributed by atoms with Crippen LogP contribution in [0.2, 0.25) is 0 Å². The van der Waals surface area contributed by atoms with Crippen LogP contribution in [0.1, 0.15) is 6.42 Å². The normalized spacial score (nSPS) is 21.7. The van der Waals surface area contributed by atoms with E-state index in [1.54, 1.807) is 0 Å². The van der Waals surface area contributed by atoms with Crippen LogP contribution in [0.3, 0.4) is 0 Å². The second kappa shape index (κ2) is 2.98. The molecule has 58 valence electrons. The van der Waals surface area contributed by atoms with Gasteiger partial charge in [0.1, 0.15) is 6.04 Å². The predicted octanol–water partition coefficient (Wildman–Crippen LogP) is -0.896. The van der Waals surface area contributed by atoms with Crippen LogP contribution >= 0.6 is 0 Å². The van der Waals surface area contributed by atoms with E-state index in [-0.39, 0.29) is 6.54 Å². The molecule has 0 aromatic heterocycles. The lowest BCUT2D eigenvalue weighted by atomic mass is 10.1. The summed E-state index contributed by atoms with van der Waals surface area (Å²) in [7, 11) is 0. The Morgan fingerprint density at radius 3 is 2.40 bits per heavy atom. The Labute approximate surface area is 59.6 Å². The Hall–Kier alpha value is -0.610. The van der Waals surface area contributed by atoms with Gasteiger partial charge in [-0.2, -0.15) is 0 Å². The molecule has 4 nitrogen and oxygen atoms in total. The summed E-state index contributed by atoms with van der Waals surface area (Å²) in [6.07, 6.45) is 1.10. The zero-order chi connectivity index (χ0) is 7.56. The minimum atomic E-state index is -0.804. The van der Waals surface area contributed by atoms with Crippen LogP contribution in [0, 0.1) is 0 Å². The van der Waals surface area contributed by atoms with Crippen molar-refractivity contribution in [1.29, 1.82) is 0 Å². The molecule has 0 aliphatic carbocycles. The molecule has 0 aromatic rings. The van der Waals surface area contributed by atoms with Crippen molar-refractivity contribution in [2.75, 3.05) is 19.6 Å². The molecule has 0 radical (unpaired) electrons. The molecule has 1 atom stereocenters. The van der Waals surface area contributed by atoms with Gasteiger partial charge in [-0.05, 0) is 6.42 Å². The van der Waals surface area contributed by atoms with Gasteiger partial charge in [0, 0.05) is 19.6 Å². The number of hydrogen-bond acceptors (Lipinski definition) is 3. The first-order chi connectivity index (χ1) is 4.75.